The van der Waals surface area contributed by atoms with Gasteiger partial charge in [-0.3, -0.25) is 0 Å². The van der Waals surface area contributed by atoms with Gasteiger partial charge in [-0.15, -0.1) is 0 Å². The zero-order chi connectivity index (χ0) is 22.7. The Morgan fingerprint density at radius 3 is 2.72 bits per heavy atom. The number of aliphatic hydroxyl groups is 1. The van der Waals surface area contributed by atoms with Crippen LogP contribution in [0.1, 0.15) is 36.5 Å². The minimum absolute atomic E-state index is 0.116. The normalized spacial score (nSPS) is 25.0. The first-order valence-electron chi connectivity index (χ1n) is 11.1. The lowest BCUT2D eigenvalue weighted by molar-refractivity contribution is -0.148. The van der Waals surface area contributed by atoms with Crippen LogP contribution in [0.3, 0.4) is 0 Å². The van der Waals surface area contributed by atoms with Gasteiger partial charge in [-0.2, -0.15) is 0 Å². The van der Waals surface area contributed by atoms with E-state index in [1.54, 1.807) is 0 Å². The van der Waals surface area contributed by atoms with Crippen molar-refractivity contribution in [3.05, 3.63) is 16.7 Å². The van der Waals surface area contributed by atoms with Crippen molar-refractivity contribution < 1.29 is 33.6 Å². The molecule has 0 aromatic heterocycles. The topological polar surface area (TPSA) is 113 Å². The van der Waals surface area contributed by atoms with E-state index in [-0.39, 0.29) is 40.3 Å². The van der Waals surface area contributed by atoms with Crippen LogP contribution in [-0.2, 0) is 14.2 Å². The molecule has 1 aromatic rings. The standard InChI is InChI=1S/C22H31ClN2O7/c1-22(31-9-10-32-22)4-2-5-25-6-3-14(17(26)12-25)13-30-21(27)15-11-16(23)18(24)20-19(15)28-7-8-29-20/h11,14,17,26H,2-10,12-13,24H2,1H3. The zero-order valence-corrected chi connectivity index (χ0v) is 19.1. The van der Waals surface area contributed by atoms with Gasteiger partial charge >= 0.3 is 5.97 Å². The fourth-order valence-electron chi connectivity index (χ4n) is 4.38. The molecule has 3 aliphatic rings. The lowest BCUT2D eigenvalue weighted by Gasteiger charge is -2.36. The quantitative estimate of drug-likeness (QED) is 0.456. The molecule has 3 N–H and O–H groups in total. The summed E-state index contributed by atoms with van der Waals surface area (Å²) in [5.74, 6) is -0.669. The fraction of sp³-hybridized carbons (Fsp3) is 0.682. The lowest BCUT2D eigenvalue weighted by Crippen LogP contribution is -2.46. The summed E-state index contributed by atoms with van der Waals surface area (Å²) in [7, 11) is 0. The van der Waals surface area contributed by atoms with E-state index in [2.05, 4.69) is 4.90 Å². The van der Waals surface area contributed by atoms with Gasteiger partial charge in [0, 0.05) is 18.9 Å². The van der Waals surface area contributed by atoms with E-state index in [0.29, 0.717) is 33.0 Å². The SMILES string of the molecule is CC1(CCCN2CCC(COC(=O)c3cc(Cl)c(N)c4c3OCCO4)C(O)C2)OCCO1. The largest absolute Gasteiger partial charge is 0.485 e. The Balaban J connectivity index is 1.26. The maximum absolute atomic E-state index is 12.7. The number of ether oxygens (including phenoxy) is 5. The number of carbonyl (C=O) groups excluding carboxylic acids is 1. The van der Waals surface area contributed by atoms with E-state index in [4.69, 9.17) is 41.0 Å². The number of esters is 1. The number of likely N-dealkylation sites (tertiary alicyclic amines) is 1. The van der Waals surface area contributed by atoms with Gasteiger partial charge in [0.05, 0.1) is 36.6 Å². The highest BCUT2D eigenvalue weighted by Crippen LogP contribution is 2.43. The van der Waals surface area contributed by atoms with Crippen molar-refractivity contribution in [1.29, 1.82) is 0 Å². The van der Waals surface area contributed by atoms with Gasteiger partial charge in [0.1, 0.15) is 18.8 Å². The fourth-order valence-corrected chi connectivity index (χ4v) is 4.57. The molecule has 1 aromatic carbocycles. The van der Waals surface area contributed by atoms with Gasteiger partial charge in [-0.25, -0.2) is 4.79 Å². The van der Waals surface area contributed by atoms with Crippen molar-refractivity contribution in [3.63, 3.8) is 0 Å². The van der Waals surface area contributed by atoms with Gasteiger partial charge in [0.2, 0.25) is 0 Å². The monoisotopic (exact) mass is 470 g/mol. The van der Waals surface area contributed by atoms with Crippen molar-refractivity contribution in [2.24, 2.45) is 5.92 Å². The average molecular weight is 471 g/mol. The van der Waals surface area contributed by atoms with Gasteiger partial charge in [0.25, 0.3) is 0 Å². The second kappa shape index (κ2) is 10.0. The van der Waals surface area contributed by atoms with Crippen LogP contribution in [0.4, 0.5) is 5.69 Å². The van der Waals surface area contributed by atoms with Crippen molar-refractivity contribution in [2.75, 3.05) is 58.4 Å². The molecule has 32 heavy (non-hydrogen) atoms. The molecular formula is C22H31ClN2O7. The molecule has 2 saturated heterocycles. The van der Waals surface area contributed by atoms with Crippen LogP contribution in [0.15, 0.2) is 6.07 Å². The molecule has 9 nitrogen and oxygen atoms in total. The van der Waals surface area contributed by atoms with E-state index in [1.807, 2.05) is 6.92 Å². The second-order valence-electron chi connectivity index (χ2n) is 8.62. The number of fused-ring (bicyclic) bond motifs is 1. The third-order valence-electron chi connectivity index (χ3n) is 6.26. The number of benzene rings is 1. The summed E-state index contributed by atoms with van der Waals surface area (Å²) in [6, 6.07) is 1.43. The predicted molar refractivity (Wildman–Crippen MR) is 117 cm³/mol. The summed E-state index contributed by atoms with van der Waals surface area (Å²) in [5, 5.41) is 10.8. The molecule has 2 atom stereocenters. The molecule has 3 heterocycles. The number of halogens is 1. The number of β-amino-alcohol motifs (C(OH)–C–C–N with tert-alkyl or cyclic N) is 1. The molecule has 0 saturated carbocycles. The smallest absolute Gasteiger partial charge is 0.342 e. The van der Waals surface area contributed by atoms with Crippen molar-refractivity contribution in [1.82, 2.24) is 4.90 Å². The Morgan fingerprint density at radius 2 is 2.00 bits per heavy atom. The Bertz CT molecular complexity index is 831. The molecule has 4 rings (SSSR count). The zero-order valence-electron chi connectivity index (χ0n) is 18.3. The number of nitrogens with two attached hydrogens (primary N) is 1. The Morgan fingerprint density at radius 1 is 1.28 bits per heavy atom. The van der Waals surface area contributed by atoms with Crippen molar-refractivity contribution in [2.45, 2.75) is 38.1 Å². The number of hydrogen-bond donors (Lipinski definition) is 2. The van der Waals surface area contributed by atoms with Gasteiger partial charge < -0.3 is 39.4 Å². The molecule has 0 amide bonds. The number of aliphatic hydroxyl groups excluding tert-OH is 1. The van der Waals surface area contributed by atoms with E-state index in [0.717, 1.165) is 32.4 Å². The van der Waals surface area contributed by atoms with E-state index in [1.165, 1.54) is 6.07 Å². The molecule has 3 aliphatic heterocycles. The third kappa shape index (κ3) is 5.23. The summed E-state index contributed by atoms with van der Waals surface area (Å²) in [6.07, 6.45) is 1.91. The summed E-state index contributed by atoms with van der Waals surface area (Å²) in [6.45, 7) is 6.24. The number of nitrogens with zero attached hydrogens (tertiary/aromatic N) is 1. The number of rotatable bonds is 7. The minimum atomic E-state index is -0.576. The Kier molecular flexibility index (Phi) is 7.31. The number of anilines is 1. The summed E-state index contributed by atoms with van der Waals surface area (Å²) in [4.78, 5) is 14.9. The molecule has 0 radical (unpaired) electrons. The highest BCUT2D eigenvalue weighted by atomic mass is 35.5. The molecule has 0 aliphatic carbocycles. The third-order valence-corrected chi connectivity index (χ3v) is 6.57. The van der Waals surface area contributed by atoms with Crippen LogP contribution in [0.5, 0.6) is 11.5 Å². The minimum Gasteiger partial charge on any atom is -0.485 e. The summed E-state index contributed by atoms with van der Waals surface area (Å²) in [5.41, 5.74) is 6.34. The lowest BCUT2D eigenvalue weighted by atomic mass is 9.94. The van der Waals surface area contributed by atoms with Crippen LogP contribution in [0.2, 0.25) is 5.02 Å². The van der Waals surface area contributed by atoms with E-state index >= 15 is 0 Å². The highest BCUT2D eigenvalue weighted by Gasteiger charge is 2.33. The molecule has 178 valence electrons. The first-order valence-corrected chi connectivity index (χ1v) is 11.5. The number of piperidine rings is 1. The molecule has 10 heteroatoms. The highest BCUT2D eigenvalue weighted by molar-refractivity contribution is 6.34. The van der Waals surface area contributed by atoms with Crippen LogP contribution < -0.4 is 15.2 Å². The molecule has 2 fully saturated rings. The molecule has 2 unspecified atom stereocenters. The Hall–Kier alpha value is -1.78. The summed E-state index contributed by atoms with van der Waals surface area (Å²) >= 11 is 6.15. The predicted octanol–water partition coefficient (Wildman–Crippen LogP) is 2.08. The van der Waals surface area contributed by atoms with E-state index in [9.17, 15) is 9.90 Å². The van der Waals surface area contributed by atoms with Crippen molar-refractivity contribution >= 4 is 23.3 Å². The number of hydrogen-bond acceptors (Lipinski definition) is 9. The number of carbonyl (C=O) groups is 1. The maximum Gasteiger partial charge on any atom is 0.342 e. The number of nitrogen functional groups attached to an aromatic ring is 1. The second-order valence-corrected chi connectivity index (χ2v) is 9.03. The summed E-state index contributed by atoms with van der Waals surface area (Å²) < 4.78 is 27.9. The molecular weight excluding hydrogens is 440 g/mol. The average Bonchev–Trinajstić information content (AvgIpc) is 3.22. The van der Waals surface area contributed by atoms with Crippen molar-refractivity contribution in [3.8, 4) is 11.5 Å². The molecule has 0 spiro atoms. The van der Waals surface area contributed by atoms with E-state index < -0.39 is 17.9 Å². The van der Waals surface area contributed by atoms with Gasteiger partial charge in [0.15, 0.2) is 17.3 Å². The van der Waals surface area contributed by atoms with Gasteiger partial charge in [-0.1, -0.05) is 11.6 Å². The first-order chi connectivity index (χ1) is 15.4. The van der Waals surface area contributed by atoms with Gasteiger partial charge in [-0.05, 0) is 38.9 Å². The van der Waals surface area contributed by atoms with Crippen LogP contribution in [0.25, 0.3) is 0 Å². The van der Waals surface area contributed by atoms with Crippen LogP contribution in [0, 0.1) is 5.92 Å². The Labute approximate surface area is 192 Å². The van der Waals surface area contributed by atoms with Crippen LogP contribution >= 0.6 is 11.6 Å². The molecule has 0 bridgehead atoms. The van der Waals surface area contributed by atoms with Crippen LogP contribution in [-0.4, -0.2) is 80.5 Å². The maximum atomic E-state index is 12.7. The first kappa shape index (κ1) is 23.4.